The molecule has 0 unspecified atom stereocenters. The highest BCUT2D eigenvalue weighted by molar-refractivity contribution is 7.09. The summed E-state index contributed by atoms with van der Waals surface area (Å²) in [5, 5.41) is 5.07. The molecule has 0 spiro atoms. The monoisotopic (exact) mass is 415 g/mol. The van der Waals surface area contributed by atoms with E-state index < -0.39 is 0 Å². The summed E-state index contributed by atoms with van der Waals surface area (Å²) in [5.41, 5.74) is 0.245. The van der Waals surface area contributed by atoms with Crippen LogP contribution in [-0.2, 0) is 16.1 Å². The van der Waals surface area contributed by atoms with Crippen molar-refractivity contribution in [2.75, 3.05) is 32.7 Å². The third-order valence-corrected chi connectivity index (χ3v) is 8.68. The van der Waals surface area contributed by atoms with Gasteiger partial charge in [-0.25, -0.2) is 0 Å². The normalized spacial score (nSPS) is 33.8. The maximum absolute atomic E-state index is 12.7. The quantitative estimate of drug-likeness (QED) is 0.777. The van der Waals surface area contributed by atoms with Gasteiger partial charge in [-0.3, -0.25) is 14.5 Å². The summed E-state index contributed by atoms with van der Waals surface area (Å²) in [6.07, 6.45) is 8.57. The van der Waals surface area contributed by atoms with Crippen molar-refractivity contribution >= 4 is 23.2 Å². The Kier molecular flexibility index (Phi) is 5.41. The molecule has 0 aromatic carbocycles. The highest BCUT2D eigenvalue weighted by atomic mass is 32.1. The smallest absolute Gasteiger partial charge is 0.242 e. The molecule has 1 aromatic heterocycles. The van der Waals surface area contributed by atoms with Crippen molar-refractivity contribution < 1.29 is 9.59 Å². The maximum atomic E-state index is 12.7. The molecule has 0 radical (unpaired) electrons. The summed E-state index contributed by atoms with van der Waals surface area (Å²) in [6.45, 7) is 4.47. The van der Waals surface area contributed by atoms with Crippen LogP contribution in [0.3, 0.4) is 0 Å². The van der Waals surface area contributed by atoms with Gasteiger partial charge < -0.3 is 10.2 Å². The van der Waals surface area contributed by atoms with E-state index >= 15 is 0 Å². The van der Waals surface area contributed by atoms with E-state index in [2.05, 4.69) is 27.7 Å². The third-order valence-electron chi connectivity index (χ3n) is 7.82. The van der Waals surface area contributed by atoms with Crippen molar-refractivity contribution in [3.05, 3.63) is 22.4 Å². The summed E-state index contributed by atoms with van der Waals surface area (Å²) in [4.78, 5) is 30.9. The number of nitrogens with zero attached hydrogens (tertiary/aromatic N) is 2. The number of carbonyl (C=O) groups excluding carboxylic acids is 2. The average Bonchev–Trinajstić information content (AvgIpc) is 3.18. The lowest BCUT2D eigenvalue weighted by Gasteiger charge is -2.56. The van der Waals surface area contributed by atoms with E-state index in [1.54, 1.807) is 11.3 Å². The number of thiophene rings is 1. The van der Waals surface area contributed by atoms with Crippen molar-refractivity contribution in [2.24, 2.45) is 23.2 Å². The molecular weight excluding hydrogens is 382 g/mol. The van der Waals surface area contributed by atoms with Gasteiger partial charge in [-0.1, -0.05) is 6.07 Å². The second kappa shape index (κ2) is 8.03. The zero-order chi connectivity index (χ0) is 19.8. The van der Waals surface area contributed by atoms with Crippen molar-refractivity contribution in [1.29, 1.82) is 0 Å². The highest BCUT2D eigenvalue weighted by Gasteiger charge is 2.51. The number of rotatable bonds is 6. The maximum Gasteiger partial charge on any atom is 0.242 e. The number of carbonyl (C=O) groups is 2. The van der Waals surface area contributed by atoms with E-state index in [0.29, 0.717) is 6.42 Å². The third kappa shape index (κ3) is 4.38. The lowest BCUT2D eigenvalue weighted by atomic mass is 9.49. The minimum atomic E-state index is 0.0691. The molecule has 6 heteroatoms. The molecule has 158 valence electrons. The molecule has 1 saturated heterocycles. The Balaban J connectivity index is 1.05. The van der Waals surface area contributed by atoms with Crippen molar-refractivity contribution in [2.45, 2.75) is 51.5 Å². The fraction of sp³-hybridized carbons (Fsp3) is 0.739. The lowest BCUT2D eigenvalue weighted by molar-refractivity contribution is -0.136. The van der Waals surface area contributed by atoms with Gasteiger partial charge in [0.05, 0.1) is 6.54 Å². The lowest BCUT2D eigenvalue weighted by Crippen LogP contribution is -2.51. The number of amides is 2. The minimum absolute atomic E-state index is 0.0691. The van der Waals surface area contributed by atoms with Crippen LogP contribution in [0.5, 0.6) is 0 Å². The van der Waals surface area contributed by atoms with Gasteiger partial charge in [-0.2, -0.15) is 0 Å². The largest absolute Gasteiger partial charge is 0.347 e. The van der Waals surface area contributed by atoms with E-state index in [-0.39, 0.29) is 23.8 Å². The van der Waals surface area contributed by atoms with E-state index in [4.69, 9.17) is 0 Å². The number of hydrogen-bond acceptors (Lipinski definition) is 4. The van der Waals surface area contributed by atoms with Gasteiger partial charge in [0.2, 0.25) is 11.8 Å². The molecule has 0 atom stereocenters. The van der Waals surface area contributed by atoms with E-state index in [9.17, 15) is 9.59 Å². The van der Waals surface area contributed by atoms with Crippen LogP contribution in [-0.4, -0.2) is 54.3 Å². The van der Waals surface area contributed by atoms with Crippen LogP contribution in [0.4, 0.5) is 0 Å². The van der Waals surface area contributed by atoms with E-state index in [0.717, 1.165) is 50.5 Å². The van der Waals surface area contributed by atoms with E-state index in [1.165, 1.54) is 43.4 Å². The molecule has 5 nitrogen and oxygen atoms in total. The first-order valence-electron chi connectivity index (χ1n) is 11.4. The van der Waals surface area contributed by atoms with E-state index in [1.807, 2.05) is 4.90 Å². The molecular formula is C23H33N3O2S. The standard InChI is InChI=1S/C23H33N3O2S/c27-21(14-23-11-17-8-18(12-23)10-19(9-17)13-23)24-15-22(28)26-5-3-25(4-6-26)16-20-2-1-7-29-20/h1-2,7,17-19H,3-6,8-16H2,(H,24,27). The molecule has 6 rings (SSSR count). The summed E-state index contributed by atoms with van der Waals surface area (Å²) < 4.78 is 0. The zero-order valence-corrected chi connectivity index (χ0v) is 18.1. The zero-order valence-electron chi connectivity index (χ0n) is 17.3. The summed E-state index contributed by atoms with van der Waals surface area (Å²) in [7, 11) is 0. The number of nitrogens with one attached hydrogen (secondary N) is 1. The van der Waals surface area contributed by atoms with Crippen molar-refractivity contribution in [1.82, 2.24) is 15.1 Å². The summed E-state index contributed by atoms with van der Waals surface area (Å²) >= 11 is 1.79. The average molecular weight is 416 g/mol. The highest BCUT2D eigenvalue weighted by Crippen LogP contribution is 2.61. The molecule has 5 aliphatic rings. The molecule has 2 amide bonds. The van der Waals surface area contributed by atoms with Crippen LogP contribution >= 0.6 is 11.3 Å². The Morgan fingerprint density at radius 2 is 1.69 bits per heavy atom. The van der Waals surface area contributed by atoms with Crippen LogP contribution in [0, 0.1) is 23.2 Å². The van der Waals surface area contributed by atoms with Crippen LogP contribution in [0.25, 0.3) is 0 Å². The Bertz CT molecular complexity index is 704. The van der Waals surface area contributed by atoms with Crippen molar-refractivity contribution in [3.63, 3.8) is 0 Å². The second-order valence-electron chi connectivity index (χ2n) is 10.1. The van der Waals surface area contributed by atoms with Crippen LogP contribution in [0.2, 0.25) is 0 Å². The molecule has 1 N–H and O–H groups in total. The Labute approximate surface area is 177 Å². The van der Waals surface area contributed by atoms with Gasteiger partial charge in [-0.15, -0.1) is 11.3 Å². The molecule has 5 fully saturated rings. The SMILES string of the molecule is O=C(CC12CC3CC(CC(C3)C1)C2)NCC(=O)N1CCN(Cc2cccs2)CC1. The summed E-state index contributed by atoms with van der Waals surface area (Å²) in [5.74, 6) is 2.75. The molecule has 29 heavy (non-hydrogen) atoms. The van der Waals surface area contributed by atoms with Gasteiger partial charge in [0.15, 0.2) is 0 Å². The first-order chi connectivity index (χ1) is 14.1. The molecule has 4 bridgehead atoms. The number of piperazine rings is 1. The van der Waals surface area contributed by atoms with Gasteiger partial charge in [-0.05, 0) is 73.1 Å². The Hall–Kier alpha value is -1.40. The molecule has 4 aliphatic carbocycles. The predicted octanol–water partition coefficient (Wildman–Crippen LogP) is 3.12. The van der Waals surface area contributed by atoms with Crippen molar-refractivity contribution in [3.8, 4) is 0 Å². The van der Waals surface area contributed by atoms with Crippen LogP contribution in [0.1, 0.15) is 49.8 Å². The molecule has 1 aliphatic heterocycles. The molecule has 4 saturated carbocycles. The first-order valence-corrected chi connectivity index (χ1v) is 12.2. The fourth-order valence-corrected chi connectivity index (χ4v) is 7.72. The Morgan fingerprint density at radius 3 is 2.28 bits per heavy atom. The Morgan fingerprint density at radius 1 is 1.03 bits per heavy atom. The van der Waals surface area contributed by atoms with Gasteiger partial charge in [0, 0.05) is 44.0 Å². The van der Waals surface area contributed by atoms with Crippen LogP contribution < -0.4 is 5.32 Å². The van der Waals surface area contributed by atoms with Gasteiger partial charge in [0.25, 0.3) is 0 Å². The molecule has 2 heterocycles. The fourth-order valence-electron chi connectivity index (χ4n) is 6.97. The number of hydrogen-bond donors (Lipinski definition) is 1. The second-order valence-corrected chi connectivity index (χ2v) is 11.1. The van der Waals surface area contributed by atoms with Gasteiger partial charge in [0.1, 0.15) is 0 Å². The minimum Gasteiger partial charge on any atom is -0.347 e. The topological polar surface area (TPSA) is 52.7 Å². The predicted molar refractivity (Wildman–Crippen MR) is 114 cm³/mol. The summed E-state index contributed by atoms with van der Waals surface area (Å²) in [6, 6.07) is 4.26. The first kappa shape index (κ1) is 19.6. The molecule has 1 aromatic rings. The van der Waals surface area contributed by atoms with Crippen LogP contribution in [0.15, 0.2) is 17.5 Å². The van der Waals surface area contributed by atoms with Gasteiger partial charge >= 0.3 is 0 Å².